The van der Waals surface area contributed by atoms with Gasteiger partial charge in [0.05, 0.1) is 0 Å². The molecular formula is C24H22Fe2HgO4. The van der Waals surface area contributed by atoms with Crippen molar-refractivity contribution in [3.8, 4) is 11.5 Å². The zero-order valence-electron chi connectivity index (χ0n) is 17.3. The molecule has 0 unspecified atom stereocenters. The molecular weight excluding hydrogens is 665 g/mol. The van der Waals surface area contributed by atoms with Gasteiger partial charge in [0, 0.05) is 11.5 Å². The summed E-state index contributed by atoms with van der Waals surface area (Å²) in [4.78, 5) is 20.6. The van der Waals surface area contributed by atoms with Crippen LogP contribution in [0, 0.1) is 0 Å². The predicted molar refractivity (Wildman–Crippen MR) is 110 cm³/mol. The SMILES string of the molecule is CC(=O)O[c-]1cccc1.CC(=O)O[c-]1cccc1.[Fe+2].[Fe+2].c1cc[c-]([Hg][c-]2cccc2)c1. The Labute approximate surface area is 216 Å². The fourth-order valence-electron chi connectivity index (χ4n) is 2.48. The first-order chi connectivity index (χ1) is 14.0. The van der Waals surface area contributed by atoms with E-state index in [4.69, 9.17) is 9.47 Å². The topological polar surface area (TPSA) is 52.6 Å². The molecule has 0 aliphatic heterocycles. The summed E-state index contributed by atoms with van der Waals surface area (Å²) in [5, 5.41) is 0. The van der Waals surface area contributed by atoms with Gasteiger partial charge < -0.3 is 19.1 Å². The number of hydrogen-bond donors (Lipinski definition) is 0. The molecule has 31 heavy (non-hydrogen) atoms. The number of rotatable bonds is 4. The molecule has 4 nitrogen and oxygen atoms in total. The molecule has 4 aromatic rings. The number of hydrogen-bond acceptors (Lipinski definition) is 4. The van der Waals surface area contributed by atoms with E-state index in [-0.39, 0.29) is 46.1 Å². The van der Waals surface area contributed by atoms with Gasteiger partial charge in [-0.25, -0.2) is 0 Å². The molecule has 160 valence electrons. The van der Waals surface area contributed by atoms with Gasteiger partial charge in [0.15, 0.2) is 0 Å². The van der Waals surface area contributed by atoms with Gasteiger partial charge in [-0.1, -0.05) is 0 Å². The molecule has 0 aromatic heterocycles. The van der Waals surface area contributed by atoms with Crippen molar-refractivity contribution in [2.75, 3.05) is 0 Å². The molecule has 0 heterocycles. The van der Waals surface area contributed by atoms with E-state index in [1.807, 2.05) is 24.3 Å². The van der Waals surface area contributed by atoms with E-state index in [0.717, 1.165) is 0 Å². The Balaban J connectivity index is 0.000000425. The van der Waals surface area contributed by atoms with Crippen LogP contribution >= 0.6 is 0 Å². The van der Waals surface area contributed by atoms with Gasteiger partial charge in [-0.3, -0.25) is 0 Å². The minimum absolute atomic E-state index is 0. The van der Waals surface area contributed by atoms with Crippen molar-refractivity contribution in [2.24, 2.45) is 0 Å². The van der Waals surface area contributed by atoms with Gasteiger partial charge in [0.25, 0.3) is 0 Å². The summed E-state index contributed by atoms with van der Waals surface area (Å²) in [6, 6.07) is 31.8. The molecule has 4 rings (SSSR count). The van der Waals surface area contributed by atoms with Gasteiger partial charge in [-0.2, -0.15) is 24.3 Å². The van der Waals surface area contributed by atoms with Crippen molar-refractivity contribution in [3.05, 3.63) is 97.1 Å². The quantitative estimate of drug-likeness (QED) is 0.186. The van der Waals surface area contributed by atoms with Crippen molar-refractivity contribution in [1.82, 2.24) is 0 Å². The third-order valence-electron chi connectivity index (χ3n) is 3.66. The second-order valence-electron chi connectivity index (χ2n) is 6.19. The molecule has 0 aliphatic rings. The second-order valence-corrected chi connectivity index (χ2v) is 13.9. The average Bonchev–Trinajstić information content (AvgIpc) is 3.46. The van der Waals surface area contributed by atoms with Crippen LogP contribution < -0.4 is 15.6 Å². The van der Waals surface area contributed by atoms with Crippen molar-refractivity contribution in [2.45, 2.75) is 13.8 Å². The Morgan fingerprint density at radius 2 is 0.806 bits per heavy atom. The van der Waals surface area contributed by atoms with Crippen molar-refractivity contribution >= 4 is 18.1 Å². The van der Waals surface area contributed by atoms with Gasteiger partial charge >= 0.3 is 113 Å². The number of esters is 2. The summed E-state index contributed by atoms with van der Waals surface area (Å²) in [5.41, 5.74) is 0. The molecule has 0 spiro atoms. The van der Waals surface area contributed by atoms with Crippen LogP contribution in [-0.4, -0.2) is 11.9 Å². The predicted octanol–water partition coefficient (Wildman–Crippen LogP) is 3.81. The monoisotopic (exact) mass is 688 g/mol. The minimum atomic E-state index is -0.881. The molecule has 7 heteroatoms. The van der Waals surface area contributed by atoms with E-state index in [1.54, 1.807) is 30.4 Å². The third-order valence-corrected chi connectivity index (χ3v) is 10.5. The van der Waals surface area contributed by atoms with Crippen LogP contribution in [0.2, 0.25) is 0 Å². The molecule has 0 aliphatic carbocycles. The summed E-state index contributed by atoms with van der Waals surface area (Å²) >= 11 is -0.881. The summed E-state index contributed by atoms with van der Waals surface area (Å²) in [6.07, 6.45) is 0. The van der Waals surface area contributed by atoms with Crippen molar-refractivity contribution in [1.29, 1.82) is 0 Å². The van der Waals surface area contributed by atoms with Gasteiger partial charge in [0.1, 0.15) is 0 Å². The van der Waals surface area contributed by atoms with Crippen LogP contribution in [0.3, 0.4) is 0 Å². The molecule has 0 atom stereocenters. The van der Waals surface area contributed by atoms with Gasteiger partial charge in [0.2, 0.25) is 11.9 Å². The van der Waals surface area contributed by atoms with Crippen LogP contribution in [0.5, 0.6) is 11.5 Å². The Morgan fingerprint density at radius 3 is 1.06 bits per heavy atom. The zero-order valence-corrected chi connectivity index (χ0v) is 25.0. The fraction of sp³-hybridized carbons (Fsp3) is 0.0833. The Bertz CT molecular complexity index is 848. The molecule has 4 aromatic carbocycles. The second kappa shape index (κ2) is 16.9. The standard InChI is InChI=1S/2C7H7O2.2C5H4.2Fe.Hg/c2*1-6(8)9-7-4-2-3-5-7;2*1-2-4-5-3-1;;;/h2*2-5H,1H3;2*1-4H;;;/q4*-1;2*+2;. The molecule has 0 amide bonds. The van der Waals surface area contributed by atoms with E-state index in [2.05, 4.69) is 48.5 Å². The number of carbonyl (C=O) groups excluding carboxylic acids is 2. The molecule has 0 saturated carbocycles. The van der Waals surface area contributed by atoms with Crippen molar-refractivity contribution < 1.29 is 77.8 Å². The van der Waals surface area contributed by atoms with Crippen molar-refractivity contribution in [3.63, 3.8) is 0 Å². The Kier molecular flexibility index (Phi) is 16.0. The maximum absolute atomic E-state index is 10.3. The van der Waals surface area contributed by atoms with Crippen LogP contribution in [0.4, 0.5) is 0 Å². The molecule has 0 fully saturated rings. The van der Waals surface area contributed by atoms with Crippen LogP contribution in [-0.2, 0) is 68.3 Å². The Morgan fingerprint density at radius 1 is 0.548 bits per heavy atom. The van der Waals surface area contributed by atoms with E-state index >= 15 is 0 Å². The first-order valence-electron chi connectivity index (χ1n) is 9.24. The average molecular weight is 687 g/mol. The third kappa shape index (κ3) is 13.4. The van der Waals surface area contributed by atoms with Crippen LogP contribution in [0.15, 0.2) is 97.1 Å². The van der Waals surface area contributed by atoms with E-state index in [0.29, 0.717) is 11.5 Å². The molecule has 0 N–H and O–H groups in total. The van der Waals surface area contributed by atoms with Crippen LogP contribution in [0.25, 0.3) is 0 Å². The van der Waals surface area contributed by atoms with E-state index in [9.17, 15) is 9.59 Å². The first-order valence-corrected chi connectivity index (χ1v) is 14.7. The maximum atomic E-state index is 10.3. The van der Waals surface area contributed by atoms with E-state index < -0.39 is 24.6 Å². The summed E-state index contributed by atoms with van der Waals surface area (Å²) in [5.74, 6) is 0.674. The van der Waals surface area contributed by atoms with Crippen LogP contribution in [0.1, 0.15) is 13.8 Å². The van der Waals surface area contributed by atoms with Gasteiger partial charge in [-0.05, 0) is 13.8 Å². The summed E-state index contributed by atoms with van der Waals surface area (Å²) in [6.45, 7) is 2.76. The summed E-state index contributed by atoms with van der Waals surface area (Å²) < 4.78 is 12.7. The zero-order chi connectivity index (χ0) is 20.9. The first kappa shape index (κ1) is 29.3. The van der Waals surface area contributed by atoms with E-state index in [1.165, 1.54) is 13.8 Å². The normalized spacial score (nSPS) is 8.58. The molecule has 0 bridgehead atoms. The van der Waals surface area contributed by atoms with Gasteiger partial charge in [-0.15, -0.1) is 24.3 Å². The number of carbonyl (C=O) groups is 2. The molecule has 0 radical (unpaired) electrons. The Hall–Kier alpha value is -1.69. The summed E-state index contributed by atoms with van der Waals surface area (Å²) in [7, 11) is 0. The molecule has 0 saturated heterocycles. The number of ether oxygens (including phenoxy) is 2. The fourth-order valence-corrected chi connectivity index (χ4v) is 8.26.